The molecule has 0 bridgehead atoms. The third-order valence-electron chi connectivity index (χ3n) is 3.59. The number of nitrogens with one attached hydrogen (secondary N) is 1. The molecule has 0 atom stereocenters. The van der Waals surface area contributed by atoms with E-state index >= 15 is 0 Å². The van der Waals surface area contributed by atoms with E-state index in [1.807, 2.05) is 0 Å². The van der Waals surface area contributed by atoms with E-state index in [1.54, 1.807) is 0 Å². The molecular formula is C12H24N2O. The van der Waals surface area contributed by atoms with Gasteiger partial charge in [0, 0.05) is 6.54 Å². The number of nitrogens with two attached hydrogens (primary N) is 1. The monoisotopic (exact) mass is 212 g/mol. The summed E-state index contributed by atoms with van der Waals surface area (Å²) in [6, 6.07) is 0. The summed E-state index contributed by atoms with van der Waals surface area (Å²) in [6.07, 6.45) is 6.80. The van der Waals surface area contributed by atoms with Gasteiger partial charge in [-0.05, 0) is 24.2 Å². The van der Waals surface area contributed by atoms with Gasteiger partial charge < -0.3 is 11.1 Å². The largest absolute Gasteiger partial charge is 0.369 e. The van der Waals surface area contributed by atoms with Gasteiger partial charge in [-0.1, -0.05) is 33.1 Å². The molecule has 0 aliphatic heterocycles. The van der Waals surface area contributed by atoms with Crippen molar-refractivity contribution in [3.05, 3.63) is 0 Å². The summed E-state index contributed by atoms with van der Waals surface area (Å²) in [4.78, 5) is 10.6. The Morgan fingerprint density at radius 3 is 2.47 bits per heavy atom. The highest BCUT2D eigenvalue weighted by atomic mass is 16.1. The van der Waals surface area contributed by atoms with Crippen LogP contribution in [-0.4, -0.2) is 19.0 Å². The fourth-order valence-corrected chi connectivity index (χ4v) is 2.54. The van der Waals surface area contributed by atoms with Crippen LogP contribution in [0.15, 0.2) is 0 Å². The molecule has 1 amide bonds. The van der Waals surface area contributed by atoms with E-state index in [0.717, 1.165) is 12.5 Å². The number of amides is 1. The zero-order valence-electron chi connectivity index (χ0n) is 10.0. The molecule has 3 nitrogen and oxygen atoms in total. The van der Waals surface area contributed by atoms with Crippen molar-refractivity contribution >= 4 is 5.91 Å². The zero-order valence-corrected chi connectivity index (χ0v) is 10.0. The second kappa shape index (κ2) is 5.50. The summed E-state index contributed by atoms with van der Waals surface area (Å²) in [6.45, 7) is 5.77. The maximum absolute atomic E-state index is 10.6. The molecule has 0 aromatic rings. The predicted octanol–water partition coefficient (Wildman–Crippen LogP) is 1.67. The number of rotatable bonds is 5. The Morgan fingerprint density at radius 1 is 1.33 bits per heavy atom. The third kappa shape index (κ3) is 4.20. The smallest absolute Gasteiger partial charge is 0.231 e. The maximum Gasteiger partial charge on any atom is 0.231 e. The highest BCUT2D eigenvalue weighted by molar-refractivity contribution is 5.75. The van der Waals surface area contributed by atoms with E-state index in [9.17, 15) is 4.79 Å². The first-order valence-corrected chi connectivity index (χ1v) is 6.01. The first-order valence-electron chi connectivity index (χ1n) is 6.01. The quantitative estimate of drug-likeness (QED) is 0.728. The maximum atomic E-state index is 10.6. The van der Waals surface area contributed by atoms with Gasteiger partial charge in [0.2, 0.25) is 5.91 Å². The average molecular weight is 212 g/mol. The minimum Gasteiger partial charge on any atom is -0.369 e. The Balaban J connectivity index is 2.32. The molecule has 1 saturated carbocycles. The van der Waals surface area contributed by atoms with Crippen LogP contribution in [-0.2, 0) is 4.79 Å². The topological polar surface area (TPSA) is 55.1 Å². The Kier molecular flexibility index (Phi) is 4.58. The van der Waals surface area contributed by atoms with Crippen LogP contribution in [0.2, 0.25) is 0 Å². The first kappa shape index (κ1) is 12.5. The molecule has 0 saturated heterocycles. The molecule has 0 spiro atoms. The van der Waals surface area contributed by atoms with Gasteiger partial charge in [-0.15, -0.1) is 0 Å². The lowest BCUT2D eigenvalue weighted by atomic mass is 9.71. The van der Waals surface area contributed by atoms with E-state index < -0.39 is 0 Å². The summed E-state index contributed by atoms with van der Waals surface area (Å²) in [5, 5.41) is 3.15. The molecule has 1 fully saturated rings. The van der Waals surface area contributed by atoms with Crippen LogP contribution in [0, 0.1) is 11.3 Å². The van der Waals surface area contributed by atoms with Gasteiger partial charge in [0.05, 0.1) is 6.54 Å². The van der Waals surface area contributed by atoms with Crippen molar-refractivity contribution in [3.63, 3.8) is 0 Å². The van der Waals surface area contributed by atoms with Crippen LogP contribution in [0.1, 0.15) is 46.0 Å². The van der Waals surface area contributed by atoms with Crippen LogP contribution >= 0.6 is 0 Å². The molecule has 88 valence electrons. The highest BCUT2D eigenvalue weighted by Crippen LogP contribution is 2.37. The minimum atomic E-state index is -0.269. The van der Waals surface area contributed by atoms with E-state index in [2.05, 4.69) is 19.2 Å². The first-order chi connectivity index (χ1) is 7.02. The van der Waals surface area contributed by atoms with Crippen LogP contribution in [0.4, 0.5) is 0 Å². The number of hydrogen-bond acceptors (Lipinski definition) is 2. The number of hydrogen-bond donors (Lipinski definition) is 2. The number of carbonyl (C=O) groups is 1. The Morgan fingerprint density at radius 2 is 1.93 bits per heavy atom. The van der Waals surface area contributed by atoms with Crippen LogP contribution < -0.4 is 11.1 Å². The number of primary amides is 1. The fourth-order valence-electron chi connectivity index (χ4n) is 2.54. The summed E-state index contributed by atoms with van der Waals surface area (Å²) < 4.78 is 0. The molecule has 15 heavy (non-hydrogen) atoms. The van der Waals surface area contributed by atoms with Crippen LogP contribution in [0.3, 0.4) is 0 Å². The Hall–Kier alpha value is -0.570. The van der Waals surface area contributed by atoms with E-state index in [4.69, 9.17) is 5.73 Å². The van der Waals surface area contributed by atoms with Crippen molar-refractivity contribution in [2.24, 2.45) is 17.1 Å². The van der Waals surface area contributed by atoms with Gasteiger partial charge in [-0.3, -0.25) is 4.79 Å². The highest BCUT2D eigenvalue weighted by Gasteiger charge is 2.30. The SMILES string of the molecule is CC(C)(CNCC(N)=O)C1CCCCC1. The van der Waals surface area contributed by atoms with Crippen molar-refractivity contribution in [1.29, 1.82) is 0 Å². The summed E-state index contributed by atoms with van der Waals surface area (Å²) in [5.41, 5.74) is 5.39. The van der Waals surface area contributed by atoms with E-state index in [-0.39, 0.29) is 11.3 Å². The normalized spacial score (nSPS) is 19.1. The zero-order chi connectivity index (χ0) is 11.3. The van der Waals surface area contributed by atoms with Crippen molar-refractivity contribution < 1.29 is 4.79 Å². The molecule has 0 aromatic heterocycles. The fraction of sp³-hybridized carbons (Fsp3) is 0.917. The molecule has 0 unspecified atom stereocenters. The summed E-state index contributed by atoms with van der Waals surface area (Å²) in [7, 11) is 0. The van der Waals surface area contributed by atoms with Gasteiger partial charge in [-0.2, -0.15) is 0 Å². The van der Waals surface area contributed by atoms with Gasteiger partial charge >= 0.3 is 0 Å². The lowest BCUT2D eigenvalue weighted by Gasteiger charge is -2.37. The van der Waals surface area contributed by atoms with Gasteiger partial charge in [0.15, 0.2) is 0 Å². The molecule has 1 rings (SSSR count). The second-order valence-corrected chi connectivity index (χ2v) is 5.39. The van der Waals surface area contributed by atoms with Gasteiger partial charge in [0.25, 0.3) is 0 Å². The number of carbonyl (C=O) groups excluding carboxylic acids is 1. The molecule has 3 N–H and O–H groups in total. The lowest BCUT2D eigenvalue weighted by Crippen LogP contribution is -2.40. The Bertz CT molecular complexity index is 208. The molecule has 0 heterocycles. The van der Waals surface area contributed by atoms with Crippen molar-refractivity contribution in [3.8, 4) is 0 Å². The van der Waals surface area contributed by atoms with E-state index in [0.29, 0.717) is 6.54 Å². The van der Waals surface area contributed by atoms with Gasteiger partial charge in [0.1, 0.15) is 0 Å². The van der Waals surface area contributed by atoms with Crippen molar-refractivity contribution in [2.75, 3.05) is 13.1 Å². The standard InChI is InChI=1S/C12H24N2O/c1-12(2,9-14-8-11(13)15)10-6-4-3-5-7-10/h10,14H,3-9H2,1-2H3,(H2,13,15). The second-order valence-electron chi connectivity index (χ2n) is 5.39. The van der Waals surface area contributed by atoms with Crippen molar-refractivity contribution in [2.45, 2.75) is 46.0 Å². The van der Waals surface area contributed by atoms with E-state index in [1.165, 1.54) is 32.1 Å². The molecule has 3 heteroatoms. The van der Waals surface area contributed by atoms with Gasteiger partial charge in [-0.25, -0.2) is 0 Å². The molecule has 1 aliphatic rings. The molecule has 0 radical (unpaired) electrons. The minimum absolute atomic E-state index is 0.269. The average Bonchev–Trinajstić information content (AvgIpc) is 2.18. The lowest BCUT2D eigenvalue weighted by molar-refractivity contribution is -0.117. The summed E-state index contributed by atoms with van der Waals surface area (Å²) in [5.74, 6) is 0.529. The molecule has 0 aromatic carbocycles. The van der Waals surface area contributed by atoms with Crippen LogP contribution in [0.5, 0.6) is 0 Å². The molecule has 1 aliphatic carbocycles. The van der Waals surface area contributed by atoms with Crippen LogP contribution in [0.25, 0.3) is 0 Å². The summed E-state index contributed by atoms with van der Waals surface area (Å²) >= 11 is 0. The predicted molar refractivity (Wildman–Crippen MR) is 62.4 cm³/mol. The Labute approximate surface area is 92.8 Å². The van der Waals surface area contributed by atoms with Crippen molar-refractivity contribution in [1.82, 2.24) is 5.32 Å². The molecular weight excluding hydrogens is 188 g/mol. The third-order valence-corrected chi connectivity index (χ3v) is 3.59.